The van der Waals surface area contributed by atoms with Gasteiger partial charge in [0, 0.05) is 0 Å². The molecule has 0 radical (unpaired) electrons. The van der Waals surface area contributed by atoms with Crippen molar-refractivity contribution in [2.75, 3.05) is 6.61 Å². The third kappa shape index (κ3) is 3.34. The van der Waals surface area contributed by atoms with Gasteiger partial charge >= 0.3 is 15.6 Å². The third-order valence-electron chi connectivity index (χ3n) is 2.35. The monoisotopic (exact) mass is 312 g/mol. The van der Waals surface area contributed by atoms with Crippen molar-refractivity contribution in [3.8, 4) is 0 Å². The van der Waals surface area contributed by atoms with Crippen molar-refractivity contribution in [3.63, 3.8) is 0 Å². The summed E-state index contributed by atoms with van der Waals surface area (Å²) in [6, 6.07) is 0. The number of alkyl halides is 3. The molecule has 1 heterocycles. The first kappa shape index (κ1) is 16.6. The Bertz CT molecular complexity index is 407. The topological polar surface area (TPSA) is 134 Å². The molecule has 1 unspecified atom stereocenters. The molecule has 0 amide bonds. The fourth-order valence-electron chi connectivity index (χ4n) is 1.33. The lowest BCUT2D eigenvalue weighted by molar-refractivity contribution is -0.278. The SMILES string of the molecule is O=S(=O)(OC1O[C@H](CO)[C@@H](O)[C@H](O)[C@H]1O)C(F)(F)F. The quantitative estimate of drug-likeness (QED) is 0.336. The molecule has 19 heavy (non-hydrogen) atoms. The number of aliphatic hydroxyl groups is 4. The van der Waals surface area contributed by atoms with Crippen LogP contribution < -0.4 is 0 Å². The average molecular weight is 312 g/mol. The summed E-state index contributed by atoms with van der Waals surface area (Å²) in [4.78, 5) is 0. The molecule has 0 aromatic carbocycles. The van der Waals surface area contributed by atoms with Gasteiger partial charge in [0.15, 0.2) is 0 Å². The van der Waals surface area contributed by atoms with Gasteiger partial charge in [-0.1, -0.05) is 0 Å². The second-order valence-corrected chi connectivity index (χ2v) is 5.26. The summed E-state index contributed by atoms with van der Waals surface area (Å²) >= 11 is 0. The highest BCUT2D eigenvalue weighted by molar-refractivity contribution is 7.87. The van der Waals surface area contributed by atoms with Crippen molar-refractivity contribution in [1.82, 2.24) is 0 Å². The lowest BCUT2D eigenvalue weighted by atomic mass is 10.00. The maximum absolute atomic E-state index is 12.1. The van der Waals surface area contributed by atoms with Gasteiger partial charge in [-0.2, -0.15) is 21.6 Å². The molecule has 1 saturated heterocycles. The Kier molecular flexibility index (Phi) is 4.77. The highest BCUT2D eigenvalue weighted by atomic mass is 32.2. The minimum absolute atomic E-state index is 0.934. The van der Waals surface area contributed by atoms with E-state index in [1.54, 1.807) is 0 Å². The normalized spacial score (nSPS) is 37.3. The van der Waals surface area contributed by atoms with Gasteiger partial charge in [0.1, 0.15) is 24.4 Å². The van der Waals surface area contributed by atoms with E-state index in [1.807, 2.05) is 0 Å². The first-order valence-corrected chi connectivity index (χ1v) is 6.22. The van der Waals surface area contributed by atoms with Gasteiger partial charge in [0.2, 0.25) is 6.29 Å². The van der Waals surface area contributed by atoms with Crippen LogP contribution in [0.25, 0.3) is 0 Å². The number of halogens is 3. The van der Waals surface area contributed by atoms with Crippen molar-refractivity contribution < 1.29 is 50.9 Å². The van der Waals surface area contributed by atoms with E-state index < -0.39 is 52.9 Å². The van der Waals surface area contributed by atoms with E-state index >= 15 is 0 Å². The molecule has 1 fully saturated rings. The molecule has 5 atom stereocenters. The number of hydrogen-bond acceptors (Lipinski definition) is 8. The van der Waals surface area contributed by atoms with E-state index in [0.717, 1.165) is 0 Å². The highest BCUT2D eigenvalue weighted by Gasteiger charge is 2.53. The van der Waals surface area contributed by atoms with Crippen molar-refractivity contribution in [3.05, 3.63) is 0 Å². The van der Waals surface area contributed by atoms with Crippen LogP contribution in [0.4, 0.5) is 13.2 Å². The van der Waals surface area contributed by atoms with Gasteiger partial charge in [-0.3, -0.25) is 0 Å². The summed E-state index contributed by atoms with van der Waals surface area (Å²) in [5, 5.41) is 36.5. The molecule has 0 aliphatic carbocycles. The maximum atomic E-state index is 12.1. The number of aliphatic hydroxyl groups excluding tert-OH is 4. The van der Waals surface area contributed by atoms with Gasteiger partial charge in [-0.15, -0.1) is 0 Å². The molecule has 0 bridgehead atoms. The van der Waals surface area contributed by atoms with Crippen LogP contribution in [0.1, 0.15) is 0 Å². The predicted molar refractivity (Wildman–Crippen MR) is 49.8 cm³/mol. The highest BCUT2D eigenvalue weighted by Crippen LogP contribution is 2.29. The van der Waals surface area contributed by atoms with Gasteiger partial charge in [0.05, 0.1) is 6.61 Å². The lowest BCUT2D eigenvalue weighted by Gasteiger charge is -2.39. The molecule has 0 aromatic heterocycles. The van der Waals surface area contributed by atoms with Gasteiger partial charge in [0.25, 0.3) is 0 Å². The number of rotatable bonds is 3. The molecule has 12 heteroatoms. The summed E-state index contributed by atoms with van der Waals surface area (Å²) in [5.74, 6) is 0. The van der Waals surface area contributed by atoms with E-state index in [-0.39, 0.29) is 0 Å². The van der Waals surface area contributed by atoms with Crippen LogP contribution in [0.3, 0.4) is 0 Å². The van der Waals surface area contributed by atoms with Crippen LogP contribution >= 0.6 is 0 Å². The van der Waals surface area contributed by atoms with Crippen LogP contribution in [0.5, 0.6) is 0 Å². The molecule has 1 rings (SSSR count). The Balaban J connectivity index is 2.89. The van der Waals surface area contributed by atoms with Gasteiger partial charge in [-0.05, 0) is 0 Å². The first-order valence-electron chi connectivity index (χ1n) is 4.81. The Labute approximate surface area is 105 Å². The fourth-order valence-corrected chi connectivity index (χ4v) is 1.84. The summed E-state index contributed by atoms with van der Waals surface area (Å²) in [7, 11) is -6.06. The van der Waals surface area contributed by atoms with Crippen LogP contribution in [-0.2, 0) is 19.0 Å². The van der Waals surface area contributed by atoms with E-state index in [1.165, 1.54) is 0 Å². The summed E-state index contributed by atoms with van der Waals surface area (Å²) < 4.78 is 65.6. The Hall–Kier alpha value is -0.500. The van der Waals surface area contributed by atoms with Gasteiger partial charge in [-0.25, -0.2) is 4.18 Å². The predicted octanol–water partition coefficient (Wildman–Crippen LogP) is -2.35. The molecule has 1 aliphatic rings. The Morgan fingerprint density at radius 1 is 1.11 bits per heavy atom. The molecular formula is C7H11F3O8S. The van der Waals surface area contributed by atoms with Crippen LogP contribution in [0.15, 0.2) is 0 Å². The molecule has 114 valence electrons. The smallest absolute Gasteiger partial charge is 0.394 e. The molecule has 8 nitrogen and oxygen atoms in total. The van der Waals surface area contributed by atoms with Crippen molar-refractivity contribution in [1.29, 1.82) is 0 Å². The molecular weight excluding hydrogens is 301 g/mol. The Morgan fingerprint density at radius 3 is 2.05 bits per heavy atom. The first-order chi connectivity index (χ1) is 8.51. The summed E-state index contributed by atoms with van der Waals surface area (Å²) in [6.07, 6.45) is -10.1. The van der Waals surface area contributed by atoms with E-state index in [2.05, 4.69) is 8.92 Å². The molecule has 0 saturated carbocycles. The summed E-state index contributed by atoms with van der Waals surface area (Å²) in [5.41, 5.74) is -5.74. The fraction of sp³-hybridized carbons (Fsp3) is 1.00. The minimum atomic E-state index is -6.06. The zero-order valence-electron chi connectivity index (χ0n) is 9.06. The number of hydrogen-bond donors (Lipinski definition) is 4. The average Bonchev–Trinajstić information content (AvgIpc) is 2.28. The van der Waals surface area contributed by atoms with E-state index in [9.17, 15) is 36.9 Å². The summed E-state index contributed by atoms with van der Waals surface area (Å²) in [6.45, 7) is -0.934. The van der Waals surface area contributed by atoms with E-state index in [4.69, 9.17) is 5.11 Å². The van der Waals surface area contributed by atoms with Crippen molar-refractivity contribution in [2.24, 2.45) is 0 Å². The van der Waals surface area contributed by atoms with E-state index in [0.29, 0.717) is 0 Å². The largest absolute Gasteiger partial charge is 0.523 e. The zero-order chi connectivity index (χ0) is 15.0. The van der Waals surface area contributed by atoms with Crippen LogP contribution in [0.2, 0.25) is 0 Å². The Morgan fingerprint density at radius 2 is 1.63 bits per heavy atom. The van der Waals surface area contributed by atoms with Gasteiger partial charge < -0.3 is 25.2 Å². The second-order valence-electron chi connectivity index (χ2n) is 3.69. The zero-order valence-corrected chi connectivity index (χ0v) is 9.87. The molecule has 4 N–H and O–H groups in total. The van der Waals surface area contributed by atoms with Crippen LogP contribution in [0, 0.1) is 0 Å². The van der Waals surface area contributed by atoms with Crippen LogP contribution in [-0.4, -0.2) is 71.7 Å². The second kappa shape index (κ2) is 5.47. The molecule has 1 aliphatic heterocycles. The molecule has 0 spiro atoms. The standard InChI is InChI=1S/C7H11F3O8S/c8-7(9,10)19(15,16)18-6-5(14)4(13)3(12)2(1-11)17-6/h2-6,11-14H,1H2/t2-,3-,4+,5-,6?/m1/s1. The molecule has 0 aromatic rings. The number of ether oxygens (including phenoxy) is 1. The maximum Gasteiger partial charge on any atom is 0.523 e. The lowest BCUT2D eigenvalue weighted by Crippen LogP contribution is -2.59. The van der Waals surface area contributed by atoms with Crippen molar-refractivity contribution in [2.45, 2.75) is 36.2 Å². The van der Waals surface area contributed by atoms with Crippen molar-refractivity contribution >= 4 is 10.1 Å². The minimum Gasteiger partial charge on any atom is -0.394 e. The third-order valence-corrected chi connectivity index (χ3v) is 3.36.